The van der Waals surface area contributed by atoms with E-state index in [4.69, 9.17) is 9.84 Å². The highest BCUT2D eigenvalue weighted by Gasteiger charge is 2.28. The third-order valence-electron chi connectivity index (χ3n) is 2.78. The Labute approximate surface area is 93.5 Å². The molecular weight excluding hydrogens is 208 g/mol. The van der Waals surface area contributed by atoms with E-state index in [1.54, 1.807) is 19.2 Å². The fraction of sp³-hybridized carbons (Fsp3) is 0.455. The van der Waals surface area contributed by atoms with Crippen LogP contribution in [0.1, 0.15) is 23.3 Å². The first-order valence-electron chi connectivity index (χ1n) is 5.17. The average molecular weight is 222 g/mol. The van der Waals surface area contributed by atoms with Crippen LogP contribution in [-0.2, 0) is 4.74 Å². The summed E-state index contributed by atoms with van der Waals surface area (Å²) < 4.78 is 5.17. The molecule has 0 spiro atoms. The zero-order valence-electron chi connectivity index (χ0n) is 9.01. The molecule has 1 aromatic heterocycles. The SMILES string of the molecule is COC1CC(Nc2ccnc(C(=O)O)c2)C1. The zero-order chi connectivity index (χ0) is 11.5. The minimum absolute atomic E-state index is 0.0626. The largest absolute Gasteiger partial charge is 0.477 e. The van der Waals surface area contributed by atoms with Gasteiger partial charge in [-0.3, -0.25) is 0 Å². The fourth-order valence-electron chi connectivity index (χ4n) is 1.75. The maximum absolute atomic E-state index is 10.7. The third-order valence-corrected chi connectivity index (χ3v) is 2.78. The fourth-order valence-corrected chi connectivity index (χ4v) is 1.75. The summed E-state index contributed by atoms with van der Waals surface area (Å²) in [6, 6.07) is 3.68. The van der Waals surface area contributed by atoms with Gasteiger partial charge in [0.15, 0.2) is 0 Å². The molecule has 1 heterocycles. The van der Waals surface area contributed by atoms with Crippen LogP contribution in [-0.4, -0.2) is 35.3 Å². The lowest BCUT2D eigenvalue weighted by molar-refractivity contribution is 0.0328. The Bertz CT molecular complexity index is 389. The lowest BCUT2D eigenvalue weighted by atomic mass is 9.89. The van der Waals surface area contributed by atoms with E-state index in [1.807, 2.05) is 0 Å². The van der Waals surface area contributed by atoms with Crippen molar-refractivity contribution in [1.29, 1.82) is 0 Å². The van der Waals surface area contributed by atoms with Gasteiger partial charge in [0.2, 0.25) is 0 Å². The predicted octanol–water partition coefficient (Wildman–Crippen LogP) is 1.37. The maximum atomic E-state index is 10.7. The van der Waals surface area contributed by atoms with E-state index in [9.17, 15) is 4.79 Å². The lowest BCUT2D eigenvalue weighted by Crippen LogP contribution is -2.40. The number of nitrogens with zero attached hydrogens (tertiary/aromatic N) is 1. The molecule has 0 radical (unpaired) electrons. The van der Waals surface area contributed by atoms with Gasteiger partial charge >= 0.3 is 5.97 Å². The molecule has 2 rings (SSSR count). The van der Waals surface area contributed by atoms with Crippen LogP contribution in [0.5, 0.6) is 0 Å². The number of hydrogen-bond acceptors (Lipinski definition) is 4. The molecule has 1 fully saturated rings. The van der Waals surface area contributed by atoms with Crippen molar-refractivity contribution in [2.45, 2.75) is 25.0 Å². The van der Waals surface area contributed by atoms with Crippen LogP contribution in [0.4, 0.5) is 5.69 Å². The van der Waals surface area contributed by atoms with Gasteiger partial charge in [-0.2, -0.15) is 0 Å². The van der Waals surface area contributed by atoms with Gasteiger partial charge < -0.3 is 15.2 Å². The van der Waals surface area contributed by atoms with Crippen LogP contribution in [0.3, 0.4) is 0 Å². The number of pyridine rings is 1. The van der Waals surface area contributed by atoms with E-state index >= 15 is 0 Å². The Morgan fingerprint density at radius 2 is 2.38 bits per heavy atom. The molecule has 86 valence electrons. The molecule has 5 heteroatoms. The number of methoxy groups -OCH3 is 1. The first-order valence-corrected chi connectivity index (χ1v) is 5.17. The number of carboxylic acids is 1. The van der Waals surface area contributed by atoms with Gasteiger partial charge in [0.1, 0.15) is 5.69 Å². The first-order chi connectivity index (χ1) is 7.69. The van der Waals surface area contributed by atoms with Gasteiger partial charge in [-0.05, 0) is 25.0 Å². The highest BCUT2D eigenvalue weighted by atomic mass is 16.5. The quantitative estimate of drug-likeness (QED) is 0.805. The number of ether oxygens (including phenoxy) is 1. The van der Waals surface area contributed by atoms with E-state index in [1.165, 1.54) is 6.20 Å². The zero-order valence-corrected chi connectivity index (χ0v) is 9.01. The minimum atomic E-state index is -1.01. The highest BCUT2D eigenvalue weighted by Crippen LogP contribution is 2.26. The van der Waals surface area contributed by atoms with Crippen molar-refractivity contribution in [3.05, 3.63) is 24.0 Å². The van der Waals surface area contributed by atoms with Gasteiger partial charge in [-0.1, -0.05) is 0 Å². The monoisotopic (exact) mass is 222 g/mol. The number of nitrogens with one attached hydrogen (secondary N) is 1. The molecule has 1 saturated carbocycles. The van der Waals surface area contributed by atoms with Crippen molar-refractivity contribution in [2.75, 3.05) is 12.4 Å². The molecule has 0 amide bonds. The first kappa shape index (κ1) is 10.9. The van der Waals surface area contributed by atoms with Crippen molar-refractivity contribution in [2.24, 2.45) is 0 Å². The van der Waals surface area contributed by atoms with Crippen LogP contribution >= 0.6 is 0 Å². The summed E-state index contributed by atoms with van der Waals surface area (Å²) in [7, 11) is 1.70. The van der Waals surface area contributed by atoms with E-state index in [2.05, 4.69) is 10.3 Å². The summed E-state index contributed by atoms with van der Waals surface area (Å²) in [6.45, 7) is 0. The predicted molar refractivity (Wildman–Crippen MR) is 58.6 cm³/mol. The van der Waals surface area contributed by atoms with E-state index < -0.39 is 5.97 Å². The number of aromatic nitrogens is 1. The van der Waals surface area contributed by atoms with Crippen molar-refractivity contribution >= 4 is 11.7 Å². The second-order valence-corrected chi connectivity index (χ2v) is 3.91. The number of hydrogen-bond donors (Lipinski definition) is 2. The van der Waals surface area contributed by atoms with Crippen molar-refractivity contribution in [1.82, 2.24) is 4.98 Å². The normalized spacial score (nSPS) is 23.6. The molecule has 0 saturated heterocycles. The smallest absolute Gasteiger partial charge is 0.354 e. The molecule has 0 unspecified atom stereocenters. The summed E-state index contributed by atoms with van der Waals surface area (Å²) in [6.07, 6.45) is 3.75. The number of aromatic carboxylic acids is 1. The third kappa shape index (κ3) is 2.30. The molecule has 0 atom stereocenters. The van der Waals surface area contributed by atoms with Gasteiger partial charge in [-0.25, -0.2) is 9.78 Å². The molecule has 2 N–H and O–H groups in total. The van der Waals surface area contributed by atoms with Crippen LogP contribution in [0.25, 0.3) is 0 Å². The van der Waals surface area contributed by atoms with Crippen molar-refractivity contribution in [3.8, 4) is 0 Å². The molecule has 5 nitrogen and oxygen atoms in total. The summed E-state index contributed by atoms with van der Waals surface area (Å²) >= 11 is 0. The summed E-state index contributed by atoms with van der Waals surface area (Å²) in [4.78, 5) is 14.5. The summed E-state index contributed by atoms with van der Waals surface area (Å²) in [5.41, 5.74) is 0.861. The number of carbonyl (C=O) groups is 1. The van der Waals surface area contributed by atoms with Gasteiger partial charge in [0, 0.05) is 25.0 Å². The van der Waals surface area contributed by atoms with Crippen molar-refractivity contribution in [3.63, 3.8) is 0 Å². The number of rotatable bonds is 4. The van der Waals surface area contributed by atoms with Crippen LogP contribution in [0, 0.1) is 0 Å². The standard InChI is InChI=1S/C11H14N2O3/c1-16-9-4-8(5-9)13-7-2-3-12-10(6-7)11(14)15/h2-3,6,8-9H,4-5H2,1H3,(H,12,13)(H,14,15). The highest BCUT2D eigenvalue weighted by molar-refractivity contribution is 5.86. The van der Waals surface area contributed by atoms with Crippen LogP contribution in [0.15, 0.2) is 18.3 Å². The minimum Gasteiger partial charge on any atom is -0.477 e. The lowest BCUT2D eigenvalue weighted by Gasteiger charge is -2.35. The average Bonchev–Trinajstić information content (AvgIpc) is 2.23. The molecule has 1 aliphatic rings. The molecule has 0 aliphatic heterocycles. The van der Waals surface area contributed by atoms with E-state index in [0.717, 1.165) is 18.5 Å². The second kappa shape index (κ2) is 4.49. The van der Waals surface area contributed by atoms with Crippen LogP contribution < -0.4 is 5.32 Å². The Kier molecular flexibility index (Phi) is 3.05. The molecule has 16 heavy (non-hydrogen) atoms. The maximum Gasteiger partial charge on any atom is 0.354 e. The van der Waals surface area contributed by atoms with E-state index in [0.29, 0.717) is 12.1 Å². The Balaban J connectivity index is 1.95. The Morgan fingerprint density at radius 1 is 1.62 bits per heavy atom. The van der Waals surface area contributed by atoms with E-state index in [-0.39, 0.29) is 5.69 Å². The summed E-state index contributed by atoms with van der Waals surface area (Å²) in [5.74, 6) is -1.01. The topological polar surface area (TPSA) is 71.5 Å². The molecule has 0 aromatic carbocycles. The Hall–Kier alpha value is -1.62. The second-order valence-electron chi connectivity index (χ2n) is 3.91. The molecule has 1 aromatic rings. The van der Waals surface area contributed by atoms with Gasteiger partial charge in [-0.15, -0.1) is 0 Å². The summed E-state index contributed by atoms with van der Waals surface area (Å²) in [5, 5.41) is 12.0. The molecule has 1 aliphatic carbocycles. The van der Waals surface area contributed by atoms with Gasteiger partial charge in [0.25, 0.3) is 0 Å². The number of anilines is 1. The van der Waals surface area contributed by atoms with Gasteiger partial charge in [0.05, 0.1) is 6.10 Å². The Morgan fingerprint density at radius 3 is 3.00 bits per heavy atom. The molecular formula is C11H14N2O3. The number of carboxylic acid groups (broad SMARTS) is 1. The molecule has 0 bridgehead atoms. The van der Waals surface area contributed by atoms with Crippen molar-refractivity contribution < 1.29 is 14.6 Å². The van der Waals surface area contributed by atoms with Crippen LogP contribution in [0.2, 0.25) is 0 Å².